The lowest BCUT2D eigenvalue weighted by molar-refractivity contribution is -0.142. The van der Waals surface area contributed by atoms with Gasteiger partial charge in [-0.05, 0) is 57.4 Å². The minimum Gasteiger partial charge on any atom is -0.481 e. The number of ether oxygens (including phenoxy) is 4. The quantitative estimate of drug-likeness (QED) is 0.0318. The fourth-order valence-corrected chi connectivity index (χ4v) is 8.19. The fourth-order valence-electron chi connectivity index (χ4n) is 8.19. The lowest BCUT2D eigenvalue weighted by Gasteiger charge is -2.17. The van der Waals surface area contributed by atoms with Crippen LogP contribution in [0.2, 0.25) is 0 Å². The number of amides is 4. The Balaban J connectivity index is 0.00000150. The summed E-state index contributed by atoms with van der Waals surface area (Å²) in [4.78, 5) is 110. The molecule has 0 saturated heterocycles. The lowest BCUT2D eigenvalue weighted by Crippen LogP contribution is -2.41. The van der Waals surface area contributed by atoms with E-state index in [1.807, 2.05) is 6.92 Å². The summed E-state index contributed by atoms with van der Waals surface area (Å²) in [6.45, 7) is 8.60. The molecule has 20 nitrogen and oxygen atoms in total. The molecule has 0 aromatic rings. The zero-order valence-corrected chi connectivity index (χ0v) is 47.4. The maximum Gasteiger partial charge on any atom is 0.326 e. The second-order valence-corrected chi connectivity index (χ2v) is 19.6. The van der Waals surface area contributed by atoms with E-state index in [0.29, 0.717) is 104 Å². The molecular formula is C57H99N5O15. The second-order valence-electron chi connectivity index (χ2n) is 19.6. The first-order valence-corrected chi connectivity index (χ1v) is 28.7. The topological polar surface area (TPSA) is 291 Å². The molecule has 0 fully saturated rings. The summed E-state index contributed by atoms with van der Waals surface area (Å²) >= 11 is 0. The van der Waals surface area contributed by atoms with Crippen LogP contribution in [0.5, 0.6) is 0 Å². The molecule has 1 aliphatic rings. The van der Waals surface area contributed by atoms with Crippen molar-refractivity contribution in [2.75, 3.05) is 66.4 Å². The molecule has 0 spiro atoms. The summed E-state index contributed by atoms with van der Waals surface area (Å²) in [7, 11) is 1.59. The number of carboxylic acids is 2. The van der Waals surface area contributed by atoms with E-state index in [9.17, 15) is 48.3 Å². The Bertz CT molecular complexity index is 1720. The number of methoxy groups -OCH3 is 1. The Hall–Kier alpha value is -4.92. The Morgan fingerprint density at radius 1 is 0.545 bits per heavy atom. The fraction of sp³-hybridized carbons (Fsp3) is 0.789. The third-order valence-electron chi connectivity index (χ3n) is 12.9. The van der Waals surface area contributed by atoms with Crippen LogP contribution >= 0.6 is 0 Å². The number of aliphatic carboxylic acids is 2. The van der Waals surface area contributed by atoms with Crippen LogP contribution in [0.1, 0.15) is 207 Å². The van der Waals surface area contributed by atoms with Gasteiger partial charge in [-0.2, -0.15) is 0 Å². The molecule has 0 aliphatic carbocycles. The highest BCUT2D eigenvalue weighted by Gasteiger charge is 2.23. The van der Waals surface area contributed by atoms with Gasteiger partial charge in [0.1, 0.15) is 24.2 Å². The monoisotopic (exact) mass is 1090 g/mol. The van der Waals surface area contributed by atoms with Crippen molar-refractivity contribution >= 4 is 59.1 Å². The van der Waals surface area contributed by atoms with Gasteiger partial charge in [-0.3, -0.25) is 43.3 Å². The number of unbranched alkanes of at least 4 members (excludes halogenated alkanes) is 14. The van der Waals surface area contributed by atoms with Gasteiger partial charge in [0.25, 0.3) is 0 Å². The van der Waals surface area contributed by atoms with Gasteiger partial charge in [0.05, 0.1) is 39.1 Å². The minimum absolute atomic E-state index is 0.0224. The second kappa shape index (κ2) is 50.6. The molecule has 1 rings (SSSR count). The molecule has 1 heterocycles. The van der Waals surface area contributed by atoms with Crippen molar-refractivity contribution in [1.29, 1.82) is 0 Å². The van der Waals surface area contributed by atoms with Crippen LogP contribution in [0.3, 0.4) is 0 Å². The summed E-state index contributed by atoms with van der Waals surface area (Å²) in [6, 6.07) is -1.63. The van der Waals surface area contributed by atoms with Crippen molar-refractivity contribution < 1.29 is 72.3 Å². The zero-order valence-electron chi connectivity index (χ0n) is 47.4. The largest absolute Gasteiger partial charge is 0.481 e. The van der Waals surface area contributed by atoms with Crippen molar-refractivity contribution in [3.05, 3.63) is 11.8 Å². The van der Waals surface area contributed by atoms with Crippen LogP contribution in [0, 0.1) is 5.92 Å². The number of hydrogen-bond donors (Lipinski definition) is 6. The maximum absolute atomic E-state index is 12.5. The van der Waals surface area contributed by atoms with Crippen LogP contribution in [0.4, 0.5) is 0 Å². The SMILES string of the molecule is CCC(=O)NCCOCCOCC(=O)NCCCC[C@H](CCC(=O)[C@H](C)NC(=O)CC1=CN=CC1)C(=O)CC.COCCOCCCC(=O)CC[C@H](NC(=O)CCCCCCCCCCCCCCCCC(=O)O)C(=O)O. The number of Topliss-reactive ketones (excluding diaryl/α,β-unsaturated/α-hetero) is 3. The van der Waals surface area contributed by atoms with Crippen LogP contribution in [-0.4, -0.2) is 148 Å². The van der Waals surface area contributed by atoms with Gasteiger partial charge in [0.15, 0.2) is 5.78 Å². The lowest BCUT2D eigenvalue weighted by atomic mass is 9.89. The zero-order chi connectivity index (χ0) is 57.2. The highest BCUT2D eigenvalue weighted by Crippen LogP contribution is 2.19. The number of carbonyl (C=O) groups excluding carboxylic acids is 7. The first kappa shape index (κ1) is 72.1. The summed E-state index contributed by atoms with van der Waals surface area (Å²) in [6.07, 6.45) is 25.2. The standard InChI is InChI=1S/C29H53NO8.C28H46N4O7/c1-37-23-24-38-22-16-17-25(31)20-21-26(29(35)36)30-27(32)18-14-12-10-8-6-4-2-3-5-7-9-11-13-15-19-28(33)34;1-4-24(33)23(9-10-25(34)21(3)32-27(36)18-22-11-13-29-19-22)8-6-7-12-30-28(37)20-39-17-16-38-15-14-31-26(35)5-2/h26H,2-24H2,1H3,(H,30,32)(H,33,34)(H,35,36);13,19,21,23H,4-12,14-18,20H2,1-3H3,(H,30,37)(H,31,35)(H,32,36)/t26-;21-,23+/m00/s1. The Labute approximate surface area is 459 Å². The molecule has 0 aromatic heterocycles. The molecule has 1 aliphatic heterocycles. The molecule has 0 unspecified atom stereocenters. The minimum atomic E-state index is -1.11. The number of hydrogen-bond acceptors (Lipinski definition) is 14. The van der Waals surface area contributed by atoms with E-state index < -0.39 is 24.0 Å². The molecule has 4 amide bonds. The normalized spacial score (nSPS) is 12.9. The average molecular weight is 1090 g/mol. The van der Waals surface area contributed by atoms with Gasteiger partial charge >= 0.3 is 11.9 Å². The molecule has 6 N–H and O–H groups in total. The van der Waals surface area contributed by atoms with Crippen molar-refractivity contribution in [2.24, 2.45) is 10.9 Å². The summed E-state index contributed by atoms with van der Waals surface area (Å²) < 4.78 is 20.8. The molecule has 0 saturated carbocycles. The highest BCUT2D eigenvalue weighted by atomic mass is 16.5. The Kier molecular flexibility index (Phi) is 47.3. The van der Waals surface area contributed by atoms with Crippen molar-refractivity contribution in [3.63, 3.8) is 0 Å². The molecule has 20 heteroatoms. The van der Waals surface area contributed by atoms with Crippen LogP contribution < -0.4 is 21.3 Å². The predicted octanol–water partition coefficient (Wildman–Crippen LogP) is 7.70. The van der Waals surface area contributed by atoms with Crippen molar-refractivity contribution in [2.45, 2.75) is 219 Å². The van der Waals surface area contributed by atoms with Gasteiger partial charge in [-0.25, -0.2) is 4.79 Å². The molecular weight excluding hydrogens is 995 g/mol. The molecule has 77 heavy (non-hydrogen) atoms. The van der Waals surface area contributed by atoms with E-state index in [2.05, 4.69) is 26.3 Å². The van der Waals surface area contributed by atoms with Gasteiger partial charge < -0.3 is 50.4 Å². The Morgan fingerprint density at radius 2 is 1.14 bits per heavy atom. The molecule has 442 valence electrons. The van der Waals surface area contributed by atoms with Crippen LogP contribution in [0.15, 0.2) is 16.8 Å². The van der Waals surface area contributed by atoms with Gasteiger partial charge in [-0.15, -0.1) is 0 Å². The predicted molar refractivity (Wildman–Crippen MR) is 295 cm³/mol. The molecule has 3 atom stereocenters. The number of aliphatic imine (C=N–C) groups is 1. The number of nitrogens with one attached hydrogen (secondary N) is 4. The number of carbonyl (C=O) groups is 9. The first-order valence-electron chi connectivity index (χ1n) is 28.7. The number of rotatable bonds is 52. The molecule has 0 bridgehead atoms. The Morgan fingerprint density at radius 3 is 1.73 bits per heavy atom. The molecule has 0 radical (unpaired) electrons. The highest BCUT2D eigenvalue weighted by molar-refractivity contribution is 5.90. The van der Waals surface area contributed by atoms with Crippen molar-refractivity contribution in [1.82, 2.24) is 21.3 Å². The molecule has 0 aromatic carbocycles. The number of nitrogens with zero attached hydrogens (tertiary/aromatic N) is 1. The average Bonchev–Trinajstić information content (AvgIpc) is 3.92. The van der Waals surface area contributed by atoms with Crippen LogP contribution in [0.25, 0.3) is 0 Å². The summed E-state index contributed by atoms with van der Waals surface area (Å²) in [5.74, 6) is -2.71. The van der Waals surface area contributed by atoms with E-state index in [0.717, 1.165) is 56.9 Å². The number of ketones is 3. The van der Waals surface area contributed by atoms with E-state index in [4.69, 9.17) is 24.1 Å². The van der Waals surface area contributed by atoms with E-state index in [-0.39, 0.29) is 92.2 Å². The van der Waals surface area contributed by atoms with Crippen molar-refractivity contribution in [3.8, 4) is 0 Å². The smallest absolute Gasteiger partial charge is 0.326 e. The van der Waals surface area contributed by atoms with Crippen LogP contribution in [-0.2, 0) is 62.1 Å². The third-order valence-corrected chi connectivity index (χ3v) is 12.9. The maximum atomic E-state index is 12.5. The van der Waals surface area contributed by atoms with Gasteiger partial charge in [-0.1, -0.05) is 97.3 Å². The van der Waals surface area contributed by atoms with E-state index >= 15 is 0 Å². The third kappa shape index (κ3) is 45.8. The summed E-state index contributed by atoms with van der Waals surface area (Å²) in [5.41, 5.74) is 0.918. The van der Waals surface area contributed by atoms with Gasteiger partial charge in [0.2, 0.25) is 23.6 Å². The van der Waals surface area contributed by atoms with E-state index in [1.54, 1.807) is 33.4 Å². The van der Waals surface area contributed by atoms with Gasteiger partial charge in [0, 0.05) is 103 Å². The number of carboxylic acid groups (broad SMARTS) is 2. The first-order chi connectivity index (χ1) is 37.1. The summed E-state index contributed by atoms with van der Waals surface area (Å²) in [5, 5.41) is 28.8. The van der Waals surface area contributed by atoms with E-state index in [1.165, 1.54) is 44.9 Å².